The fraction of sp³-hybridized carbons (Fsp3) is 0.0870. The van der Waals surface area contributed by atoms with E-state index in [-0.39, 0.29) is 17.5 Å². The average molecular weight is 418 g/mol. The molecular weight excluding hydrogens is 399 g/mol. The van der Waals surface area contributed by atoms with Gasteiger partial charge in [0.15, 0.2) is 5.16 Å². The molecule has 4 rings (SSSR count). The third-order valence-electron chi connectivity index (χ3n) is 4.41. The average Bonchev–Trinajstić information content (AvgIpc) is 3.12. The van der Waals surface area contributed by atoms with Crippen LogP contribution < -0.4 is 5.43 Å². The van der Waals surface area contributed by atoms with E-state index in [4.69, 9.17) is 0 Å². The van der Waals surface area contributed by atoms with E-state index < -0.39 is 0 Å². The molecule has 0 unspecified atom stereocenters. The Kier molecular flexibility index (Phi) is 6.20. The van der Waals surface area contributed by atoms with Gasteiger partial charge in [-0.05, 0) is 35.4 Å². The Morgan fingerprint density at radius 2 is 1.77 bits per heavy atom. The van der Waals surface area contributed by atoms with Gasteiger partial charge in [0.1, 0.15) is 5.82 Å². The van der Waals surface area contributed by atoms with Crippen molar-refractivity contribution in [1.29, 1.82) is 0 Å². The van der Waals surface area contributed by atoms with E-state index in [1.807, 2.05) is 42.5 Å². The van der Waals surface area contributed by atoms with Crippen molar-refractivity contribution < 1.29 is 9.18 Å². The summed E-state index contributed by atoms with van der Waals surface area (Å²) in [5, 5.41) is 4.70. The van der Waals surface area contributed by atoms with Crippen LogP contribution >= 0.6 is 11.8 Å². The summed E-state index contributed by atoms with van der Waals surface area (Å²) in [5.41, 5.74) is 6.28. The monoisotopic (exact) mass is 418 g/mol. The summed E-state index contributed by atoms with van der Waals surface area (Å²) in [6.07, 6.45) is 1.48. The molecule has 0 aliphatic rings. The van der Waals surface area contributed by atoms with Gasteiger partial charge in [0.2, 0.25) is 0 Å². The van der Waals surface area contributed by atoms with Gasteiger partial charge in [-0.1, -0.05) is 66.4 Å². The number of fused-ring (bicyclic) bond motifs is 1. The van der Waals surface area contributed by atoms with E-state index in [9.17, 15) is 9.18 Å². The maximum Gasteiger partial charge on any atom is 0.250 e. The van der Waals surface area contributed by atoms with Gasteiger partial charge < -0.3 is 4.57 Å². The summed E-state index contributed by atoms with van der Waals surface area (Å²) in [6.45, 7) is 0.675. The van der Waals surface area contributed by atoms with Gasteiger partial charge in [-0.2, -0.15) is 5.10 Å². The quantitative estimate of drug-likeness (QED) is 0.274. The number of halogens is 1. The predicted molar refractivity (Wildman–Crippen MR) is 118 cm³/mol. The minimum absolute atomic E-state index is 0.179. The molecule has 0 saturated heterocycles. The summed E-state index contributed by atoms with van der Waals surface area (Å²) < 4.78 is 15.0. The molecule has 0 fully saturated rings. The molecule has 1 amide bonds. The highest BCUT2D eigenvalue weighted by Gasteiger charge is 2.13. The molecule has 0 bridgehead atoms. The molecule has 1 aromatic heterocycles. The Hall–Kier alpha value is -3.45. The number of aromatic nitrogens is 2. The van der Waals surface area contributed by atoms with Crippen LogP contribution in [0.3, 0.4) is 0 Å². The van der Waals surface area contributed by atoms with Crippen LogP contribution in [-0.4, -0.2) is 27.4 Å². The molecular formula is C23H19FN4OS. The summed E-state index contributed by atoms with van der Waals surface area (Å²) in [7, 11) is 0. The number of amides is 1. The van der Waals surface area contributed by atoms with Crippen molar-refractivity contribution in [3.05, 3.63) is 95.8 Å². The van der Waals surface area contributed by atoms with E-state index in [1.165, 1.54) is 30.1 Å². The van der Waals surface area contributed by atoms with E-state index >= 15 is 0 Å². The van der Waals surface area contributed by atoms with Crippen molar-refractivity contribution in [3.8, 4) is 0 Å². The molecule has 0 radical (unpaired) electrons. The first kappa shape index (κ1) is 19.8. The van der Waals surface area contributed by atoms with Gasteiger partial charge in [-0.15, -0.1) is 0 Å². The molecule has 0 atom stereocenters. The lowest BCUT2D eigenvalue weighted by molar-refractivity contribution is -0.118. The molecule has 0 aliphatic carbocycles. The largest absolute Gasteiger partial charge is 0.314 e. The number of nitrogens with one attached hydrogen (secondary N) is 1. The Morgan fingerprint density at radius 3 is 2.57 bits per heavy atom. The fourth-order valence-electron chi connectivity index (χ4n) is 2.97. The number of thioether (sulfide) groups is 1. The van der Waals surface area contributed by atoms with Crippen LogP contribution in [0.5, 0.6) is 0 Å². The molecule has 30 heavy (non-hydrogen) atoms. The number of nitrogens with zero attached hydrogens (tertiary/aromatic N) is 3. The zero-order valence-electron chi connectivity index (χ0n) is 16.0. The zero-order valence-corrected chi connectivity index (χ0v) is 16.8. The molecule has 4 aromatic rings. The number of imidazole rings is 1. The number of hydrogen-bond acceptors (Lipinski definition) is 4. The fourth-order valence-corrected chi connectivity index (χ4v) is 3.78. The highest BCUT2D eigenvalue weighted by atomic mass is 32.2. The van der Waals surface area contributed by atoms with E-state index in [0.717, 1.165) is 21.8 Å². The van der Waals surface area contributed by atoms with Crippen LogP contribution in [-0.2, 0) is 11.3 Å². The minimum Gasteiger partial charge on any atom is -0.314 e. The van der Waals surface area contributed by atoms with Crippen LogP contribution in [0.25, 0.3) is 11.0 Å². The zero-order chi connectivity index (χ0) is 20.8. The second-order valence-electron chi connectivity index (χ2n) is 6.59. The van der Waals surface area contributed by atoms with Crippen molar-refractivity contribution in [2.24, 2.45) is 5.10 Å². The van der Waals surface area contributed by atoms with E-state index in [2.05, 4.69) is 32.2 Å². The lowest BCUT2D eigenvalue weighted by Crippen LogP contribution is -2.20. The van der Waals surface area contributed by atoms with E-state index in [1.54, 1.807) is 12.1 Å². The second kappa shape index (κ2) is 9.37. The Labute approximate surface area is 177 Å². The summed E-state index contributed by atoms with van der Waals surface area (Å²) in [6, 6.07) is 23.9. The summed E-state index contributed by atoms with van der Waals surface area (Å²) in [4.78, 5) is 16.9. The highest BCUT2D eigenvalue weighted by Crippen LogP contribution is 2.25. The summed E-state index contributed by atoms with van der Waals surface area (Å²) >= 11 is 1.36. The van der Waals surface area contributed by atoms with Crippen LogP contribution in [0.15, 0.2) is 89.1 Å². The maximum absolute atomic E-state index is 12.9. The lowest BCUT2D eigenvalue weighted by Gasteiger charge is -2.09. The van der Waals surface area contributed by atoms with Crippen LogP contribution in [0.2, 0.25) is 0 Å². The van der Waals surface area contributed by atoms with Crippen molar-refractivity contribution in [2.75, 3.05) is 5.75 Å². The van der Waals surface area contributed by atoms with Crippen molar-refractivity contribution >= 4 is 34.9 Å². The summed E-state index contributed by atoms with van der Waals surface area (Å²) in [5.74, 6) is -0.374. The van der Waals surface area contributed by atoms with E-state index in [0.29, 0.717) is 12.1 Å². The van der Waals surface area contributed by atoms with Gasteiger partial charge in [-0.3, -0.25) is 4.79 Å². The van der Waals surface area contributed by atoms with Crippen LogP contribution in [0.4, 0.5) is 4.39 Å². The van der Waals surface area contributed by atoms with Gasteiger partial charge >= 0.3 is 0 Å². The molecule has 5 nitrogen and oxygen atoms in total. The first-order valence-corrected chi connectivity index (χ1v) is 10.4. The number of carbonyl (C=O) groups is 1. The lowest BCUT2D eigenvalue weighted by atomic mass is 10.2. The molecule has 3 aromatic carbocycles. The van der Waals surface area contributed by atoms with Gasteiger partial charge in [0.05, 0.1) is 29.5 Å². The third kappa shape index (κ3) is 4.93. The number of carbonyl (C=O) groups excluding carboxylic acids is 1. The molecule has 150 valence electrons. The molecule has 0 saturated carbocycles. The topological polar surface area (TPSA) is 59.3 Å². The van der Waals surface area contributed by atoms with Gasteiger partial charge in [-0.25, -0.2) is 14.8 Å². The number of benzene rings is 3. The van der Waals surface area contributed by atoms with Crippen molar-refractivity contribution in [3.63, 3.8) is 0 Å². The predicted octanol–water partition coefficient (Wildman–Crippen LogP) is 4.47. The Bertz CT molecular complexity index is 1170. The van der Waals surface area contributed by atoms with Gasteiger partial charge in [0.25, 0.3) is 5.91 Å². The molecule has 1 N–H and O–H groups in total. The number of hydrogen-bond donors (Lipinski definition) is 1. The molecule has 7 heteroatoms. The smallest absolute Gasteiger partial charge is 0.250 e. The van der Waals surface area contributed by atoms with Gasteiger partial charge in [0, 0.05) is 0 Å². The molecule has 1 heterocycles. The number of hydrazone groups is 1. The number of rotatable bonds is 7. The van der Waals surface area contributed by atoms with Crippen LogP contribution in [0, 0.1) is 5.82 Å². The normalized spacial score (nSPS) is 11.2. The first-order valence-electron chi connectivity index (χ1n) is 9.38. The Morgan fingerprint density at radius 1 is 1.03 bits per heavy atom. The van der Waals surface area contributed by atoms with Crippen molar-refractivity contribution in [2.45, 2.75) is 11.7 Å². The standard InChI is InChI=1S/C23H19FN4OS/c24-19-12-10-17(11-13-19)14-25-27-22(29)16-30-23-26-20-8-4-5-9-21(20)28(23)15-18-6-2-1-3-7-18/h1-14H,15-16H2,(H,27,29). The highest BCUT2D eigenvalue weighted by molar-refractivity contribution is 7.99. The molecule has 0 spiro atoms. The SMILES string of the molecule is O=C(CSc1nc2ccccc2n1Cc1ccccc1)NN=Cc1ccc(F)cc1. The maximum atomic E-state index is 12.9. The third-order valence-corrected chi connectivity index (χ3v) is 5.38. The first-order chi connectivity index (χ1) is 14.7. The second-order valence-corrected chi connectivity index (χ2v) is 7.53. The molecule has 0 aliphatic heterocycles. The Balaban J connectivity index is 1.43. The van der Waals surface area contributed by atoms with Crippen LogP contribution in [0.1, 0.15) is 11.1 Å². The number of para-hydroxylation sites is 2. The van der Waals surface area contributed by atoms with Crippen molar-refractivity contribution in [1.82, 2.24) is 15.0 Å². The minimum atomic E-state index is -0.314.